The molecule has 0 aromatic heterocycles. The quantitative estimate of drug-likeness (QED) is 0.894. The largest absolute Gasteiger partial charge is 0.327 e. The van der Waals surface area contributed by atoms with Crippen LogP contribution in [-0.4, -0.2) is 18.5 Å². The van der Waals surface area contributed by atoms with Crippen molar-refractivity contribution in [3.05, 3.63) is 30.1 Å². The van der Waals surface area contributed by atoms with E-state index in [2.05, 4.69) is 0 Å². The van der Waals surface area contributed by atoms with Crippen molar-refractivity contribution in [1.82, 2.24) is 0 Å². The van der Waals surface area contributed by atoms with Crippen LogP contribution >= 0.6 is 0 Å². The number of carbonyl (C=O) groups excluding carboxylic acids is 1. The lowest BCUT2D eigenvalue weighted by atomic mass is 10.0. The van der Waals surface area contributed by atoms with Crippen LogP contribution in [0.15, 0.2) is 24.3 Å². The molecule has 98 valence electrons. The molecule has 1 amide bonds. The molecular weight excluding hydrogens is 231 g/mol. The Morgan fingerprint density at radius 2 is 2.28 bits per heavy atom. The molecule has 2 unspecified atom stereocenters. The van der Waals surface area contributed by atoms with E-state index in [0.717, 1.165) is 19.3 Å². The van der Waals surface area contributed by atoms with Gasteiger partial charge in [0, 0.05) is 18.3 Å². The van der Waals surface area contributed by atoms with Crippen LogP contribution in [0.4, 0.5) is 10.1 Å². The summed E-state index contributed by atoms with van der Waals surface area (Å²) in [5.74, 6) is -0.421. The average molecular weight is 250 g/mol. The molecule has 0 spiro atoms. The number of anilines is 1. The predicted molar refractivity (Wildman–Crippen MR) is 69.7 cm³/mol. The van der Waals surface area contributed by atoms with Crippen LogP contribution in [0.3, 0.4) is 0 Å². The minimum absolute atomic E-state index is 0.0214. The lowest BCUT2D eigenvalue weighted by Gasteiger charge is -2.26. The molecule has 0 bridgehead atoms. The number of amides is 1. The zero-order valence-corrected chi connectivity index (χ0v) is 10.6. The van der Waals surface area contributed by atoms with Gasteiger partial charge in [0.25, 0.3) is 0 Å². The van der Waals surface area contributed by atoms with Crippen molar-refractivity contribution >= 4 is 11.6 Å². The highest BCUT2D eigenvalue weighted by Gasteiger charge is 2.33. The lowest BCUT2D eigenvalue weighted by Crippen LogP contribution is -2.41. The lowest BCUT2D eigenvalue weighted by molar-refractivity contribution is -0.122. The maximum absolute atomic E-state index is 13.2. The highest BCUT2D eigenvalue weighted by molar-refractivity contribution is 5.95. The van der Waals surface area contributed by atoms with E-state index in [1.165, 1.54) is 12.1 Å². The summed E-state index contributed by atoms with van der Waals surface area (Å²) in [4.78, 5) is 14.0. The van der Waals surface area contributed by atoms with Gasteiger partial charge in [-0.1, -0.05) is 12.5 Å². The summed E-state index contributed by atoms with van der Waals surface area (Å²) in [6, 6.07) is 6.09. The third-order valence-electron chi connectivity index (χ3n) is 3.59. The first-order valence-electron chi connectivity index (χ1n) is 6.46. The zero-order valence-electron chi connectivity index (χ0n) is 10.6. The highest BCUT2D eigenvalue weighted by atomic mass is 19.1. The smallest absolute Gasteiger partial charge is 0.231 e. The Hall–Kier alpha value is -1.42. The Morgan fingerprint density at radius 3 is 2.83 bits per heavy atom. The minimum Gasteiger partial charge on any atom is -0.327 e. The molecule has 2 N–H and O–H groups in total. The van der Waals surface area contributed by atoms with Crippen LogP contribution in [0, 0.1) is 11.7 Å². The van der Waals surface area contributed by atoms with Crippen molar-refractivity contribution in [2.45, 2.75) is 32.2 Å². The Balaban J connectivity index is 2.20. The van der Waals surface area contributed by atoms with Gasteiger partial charge in [-0.2, -0.15) is 0 Å². The van der Waals surface area contributed by atoms with Gasteiger partial charge in [0.2, 0.25) is 5.91 Å². The van der Waals surface area contributed by atoms with Crippen LogP contribution in [-0.2, 0) is 4.79 Å². The van der Waals surface area contributed by atoms with Gasteiger partial charge < -0.3 is 10.6 Å². The first-order valence-corrected chi connectivity index (χ1v) is 6.46. The fourth-order valence-electron chi connectivity index (χ4n) is 2.61. The van der Waals surface area contributed by atoms with E-state index in [1.54, 1.807) is 17.0 Å². The molecule has 1 saturated carbocycles. The molecule has 0 radical (unpaired) electrons. The molecule has 1 aliphatic carbocycles. The summed E-state index contributed by atoms with van der Waals surface area (Å²) < 4.78 is 13.2. The van der Waals surface area contributed by atoms with Crippen LogP contribution in [0.2, 0.25) is 0 Å². The standard InChI is InChI=1S/C14H19FN2O/c1-2-17(11-6-3-5-10(15)9-11)14(18)12-7-4-8-13(12)16/h3,5-6,9,12-13H,2,4,7-8,16H2,1H3. The van der Waals surface area contributed by atoms with Crippen LogP contribution in [0.1, 0.15) is 26.2 Å². The average Bonchev–Trinajstić information content (AvgIpc) is 2.76. The molecule has 0 heterocycles. The predicted octanol–water partition coefficient (Wildman–Crippen LogP) is 2.31. The molecule has 1 aliphatic rings. The van der Waals surface area contributed by atoms with Gasteiger partial charge in [0.05, 0.1) is 5.92 Å². The van der Waals surface area contributed by atoms with Crippen LogP contribution < -0.4 is 10.6 Å². The molecule has 2 rings (SSSR count). The van der Waals surface area contributed by atoms with E-state index in [9.17, 15) is 9.18 Å². The Kier molecular flexibility index (Phi) is 3.97. The maximum atomic E-state index is 13.2. The minimum atomic E-state index is -0.325. The van der Waals surface area contributed by atoms with Gasteiger partial charge in [-0.05, 0) is 38.0 Å². The molecule has 0 saturated heterocycles. The first kappa shape index (κ1) is 13.0. The molecule has 0 aliphatic heterocycles. The summed E-state index contributed by atoms with van der Waals surface area (Å²) >= 11 is 0. The Bertz CT molecular complexity index is 436. The number of nitrogens with two attached hydrogens (primary N) is 1. The van der Waals surface area contributed by atoms with Crippen molar-refractivity contribution in [3.63, 3.8) is 0 Å². The second-order valence-electron chi connectivity index (χ2n) is 4.76. The summed E-state index contributed by atoms with van der Waals surface area (Å²) in [7, 11) is 0. The second-order valence-corrected chi connectivity index (χ2v) is 4.76. The normalized spacial score (nSPS) is 23.1. The van der Waals surface area contributed by atoms with Gasteiger partial charge in [-0.3, -0.25) is 4.79 Å². The van der Waals surface area contributed by atoms with E-state index in [0.29, 0.717) is 12.2 Å². The van der Waals surface area contributed by atoms with Gasteiger partial charge >= 0.3 is 0 Å². The monoisotopic (exact) mass is 250 g/mol. The third-order valence-corrected chi connectivity index (χ3v) is 3.59. The fraction of sp³-hybridized carbons (Fsp3) is 0.500. The number of hydrogen-bond donors (Lipinski definition) is 1. The van der Waals surface area contributed by atoms with Gasteiger partial charge in [0.1, 0.15) is 5.82 Å². The SMILES string of the molecule is CCN(C(=O)C1CCCC1N)c1cccc(F)c1. The third kappa shape index (κ3) is 2.53. The molecule has 3 nitrogen and oxygen atoms in total. The first-order chi connectivity index (χ1) is 8.63. The van der Waals surface area contributed by atoms with Crippen molar-refractivity contribution in [2.24, 2.45) is 11.7 Å². The molecule has 4 heteroatoms. The summed E-state index contributed by atoms with van der Waals surface area (Å²) in [6.07, 6.45) is 2.74. The van der Waals surface area contributed by atoms with Gasteiger partial charge in [0.15, 0.2) is 0 Å². The van der Waals surface area contributed by atoms with E-state index in [1.807, 2.05) is 6.92 Å². The van der Waals surface area contributed by atoms with Gasteiger partial charge in [-0.25, -0.2) is 4.39 Å². The van der Waals surface area contributed by atoms with E-state index in [4.69, 9.17) is 5.73 Å². The molecule has 1 fully saturated rings. The summed E-state index contributed by atoms with van der Waals surface area (Å²) in [6.45, 7) is 2.43. The Labute approximate surface area is 107 Å². The maximum Gasteiger partial charge on any atom is 0.231 e. The Morgan fingerprint density at radius 1 is 1.50 bits per heavy atom. The second kappa shape index (κ2) is 5.48. The van der Waals surface area contributed by atoms with E-state index in [-0.39, 0.29) is 23.7 Å². The molecule has 2 atom stereocenters. The van der Waals surface area contributed by atoms with Crippen molar-refractivity contribution in [1.29, 1.82) is 0 Å². The topological polar surface area (TPSA) is 46.3 Å². The van der Waals surface area contributed by atoms with Crippen molar-refractivity contribution in [3.8, 4) is 0 Å². The van der Waals surface area contributed by atoms with Gasteiger partial charge in [-0.15, -0.1) is 0 Å². The zero-order chi connectivity index (χ0) is 13.1. The number of rotatable bonds is 3. The van der Waals surface area contributed by atoms with E-state index >= 15 is 0 Å². The van der Waals surface area contributed by atoms with E-state index < -0.39 is 0 Å². The molecular formula is C14H19FN2O. The van der Waals surface area contributed by atoms with Crippen molar-refractivity contribution < 1.29 is 9.18 Å². The number of carbonyl (C=O) groups is 1. The van der Waals surface area contributed by atoms with Crippen molar-refractivity contribution in [2.75, 3.05) is 11.4 Å². The summed E-state index contributed by atoms with van der Waals surface area (Å²) in [5, 5.41) is 0. The number of benzene rings is 1. The molecule has 1 aromatic rings. The van der Waals surface area contributed by atoms with Crippen LogP contribution in [0.25, 0.3) is 0 Å². The number of nitrogens with zero attached hydrogens (tertiary/aromatic N) is 1. The molecule has 18 heavy (non-hydrogen) atoms. The summed E-state index contributed by atoms with van der Waals surface area (Å²) in [5.41, 5.74) is 6.57. The highest BCUT2D eigenvalue weighted by Crippen LogP contribution is 2.28. The number of halogens is 1. The number of hydrogen-bond acceptors (Lipinski definition) is 2. The molecule has 1 aromatic carbocycles. The van der Waals surface area contributed by atoms with Crippen LogP contribution in [0.5, 0.6) is 0 Å². The fourth-order valence-corrected chi connectivity index (χ4v) is 2.61.